The Hall–Kier alpha value is -2.29. The van der Waals surface area contributed by atoms with E-state index in [9.17, 15) is 18.0 Å². The third-order valence-corrected chi connectivity index (χ3v) is 9.08. The third-order valence-electron chi connectivity index (χ3n) is 7.15. The second-order valence-electron chi connectivity index (χ2n) is 10.3. The summed E-state index contributed by atoms with van der Waals surface area (Å²) in [6.07, 6.45) is 7.26. The smallest absolute Gasteiger partial charge is 0.243 e. The topological polar surface area (TPSA) is 86.8 Å². The van der Waals surface area contributed by atoms with E-state index < -0.39 is 16.1 Å². The van der Waals surface area contributed by atoms with Gasteiger partial charge in [-0.3, -0.25) is 13.9 Å². The zero-order valence-corrected chi connectivity index (χ0v) is 25.3. The summed E-state index contributed by atoms with van der Waals surface area (Å²) in [5.74, 6) is -0.376. The van der Waals surface area contributed by atoms with Gasteiger partial charge in [-0.05, 0) is 62.4 Å². The van der Waals surface area contributed by atoms with Crippen LogP contribution in [-0.4, -0.2) is 50.0 Å². The fourth-order valence-corrected chi connectivity index (χ4v) is 6.30. The van der Waals surface area contributed by atoms with Gasteiger partial charge in [-0.2, -0.15) is 0 Å². The number of hydrogen-bond donors (Lipinski definition) is 1. The largest absolute Gasteiger partial charge is 0.352 e. The van der Waals surface area contributed by atoms with Crippen LogP contribution in [-0.2, 0) is 26.2 Å². The molecule has 1 fully saturated rings. The first-order valence-electron chi connectivity index (χ1n) is 13.6. The molecule has 0 radical (unpaired) electrons. The molecule has 7 nitrogen and oxygen atoms in total. The van der Waals surface area contributed by atoms with Crippen molar-refractivity contribution in [3.63, 3.8) is 0 Å². The molecule has 0 aliphatic heterocycles. The Labute approximate surface area is 242 Å². The average Bonchev–Trinajstić information content (AvgIpc) is 2.89. The van der Waals surface area contributed by atoms with Crippen LogP contribution in [0.1, 0.15) is 69.4 Å². The van der Waals surface area contributed by atoms with E-state index in [-0.39, 0.29) is 37.4 Å². The van der Waals surface area contributed by atoms with Gasteiger partial charge < -0.3 is 10.2 Å². The number of carbonyl (C=O) groups is 2. The van der Waals surface area contributed by atoms with Crippen LogP contribution < -0.4 is 9.62 Å². The SMILES string of the molecule is CC[C@H](C(=O)NC1CCCCC1)N(Cc1ccc(Cl)c(Cl)c1)C(=O)CCCN(c1ccc(C)cc1)S(C)(=O)=O. The number of hydrogen-bond acceptors (Lipinski definition) is 4. The normalized spacial score (nSPS) is 15.0. The van der Waals surface area contributed by atoms with Crippen LogP contribution in [0.15, 0.2) is 42.5 Å². The van der Waals surface area contributed by atoms with Crippen molar-refractivity contribution in [2.24, 2.45) is 0 Å². The number of amides is 2. The molecule has 1 atom stereocenters. The maximum atomic E-state index is 13.6. The maximum Gasteiger partial charge on any atom is 0.243 e. The van der Waals surface area contributed by atoms with Crippen molar-refractivity contribution in [2.45, 2.75) is 83.8 Å². The quantitative estimate of drug-likeness (QED) is 0.321. The summed E-state index contributed by atoms with van der Waals surface area (Å²) >= 11 is 12.3. The number of anilines is 1. The molecular formula is C29H39Cl2N3O4S. The maximum absolute atomic E-state index is 13.6. The summed E-state index contributed by atoms with van der Waals surface area (Å²) in [4.78, 5) is 28.6. The minimum Gasteiger partial charge on any atom is -0.352 e. The van der Waals surface area contributed by atoms with Crippen molar-refractivity contribution < 1.29 is 18.0 Å². The van der Waals surface area contributed by atoms with E-state index in [0.717, 1.165) is 43.1 Å². The van der Waals surface area contributed by atoms with Gasteiger partial charge in [-0.1, -0.05) is 73.2 Å². The standard InChI is InChI=1S/C29H39Cl2N3O4S/c1-4-27(29(36)32-23-9-6-5-7-10-23)33(20-22-14-17-25(30)26(31)19-22)28(35)11-8-18-34(39(3,37)38)24-15-12-21(2)13-16-24/h12-17,19,23,27H,4-11,18,20H2,1-3H3,(H,32,36)/t27-/m1/s1. The van der Waals surface area contributed by atoms with Crippen molar-refractivity contribution in [1.82, 2.24) is 10.2 Å². The van der Waals surface area contributed by atoms with Gasteiger partial charge in [-0.25, -0.2) is 8.42 Å². The molecule has 1 saturated carbocycles. The van der Waals surface area contributed by atoms with Gasteiger partial charge >= 0.3 is 0 Å². The summed E-state index contributed by atoms with van der Waals surface area (Å²) in [5, 5.41) is 3.96. The second kappa shape index (κ2) is 14.4. The second-order valence-corrected chi connectivity index (χ2v) is 13.0. The van der Waals surface area contributed by atoms with Crippen molar-refractivity contribution >= 4 is 50.7 Å². The Morgan fingerprint density at radius 3 is 2.28 bits per heavy atom. The molecular weight excluding hydrogens is 557 g/mol. The Balaban J connectivity index is 1.77. The predicted molar refractivity (Wildman–Crippen MR) is 159 cm³/mol. The summed E-state index contributed by atoms with van der Waals surface area (Å²) in [7, 11) is -3.54. The van der Waals surface area contributed by atoms with E-state index in [2.05, 4.69) is 5.32 Å². The van der Waals surface area contributed by atoms with E-state index in [1.54, 1.807) is 35.2 Å². The lowest BCUT2D eigenvalue weighted by Crippen LogP contribution is -2.51. The van der Waals surface area contributed by atoms with Crippen molar-refractivity contribution in [2.75, 3.05) is 17.1 Å². The van der Waals surface area contributed by atoms with E-state index >= 15 is 0 Å². The fourth-order valence-electron chi connectivity index (χ4n) is 5.01. The van der Waals surface area contributed by atoms with Crippen LogP contribution in [0.5, 0.6) is 0 Å². The molecule has 0 aromatic heterocycles. The highest BCUT2D eigenvalue weighted by Crippen LogP contribution is 2.25. The van der Waals surface area contributed by atoms with Gasteiger partial charge in [0, 0.05) is 25.6 Å². The molecule has 2 amide bonds. The number of carbonyl (C=O) groups excluding carboxylic acids is 2. The predicted octanol–water partition coefficient (Wildman–Crippen LogP) is 6.10. The highest BCUT2D eigenvalue weighted by molar-refractivity contribution is 7.92. The molecule has 3 rings (SSSR count). The lowest BCUT2D eigenvalue weighted by Gasteiger charge is -2.33. The molecule has 2 aromatic carbocycles. The van der Waals surface area contributed by atoms with Gasteiger partial charge in [0.05, 0.1) is 22.0 Å². The molecule has 1 N–H and O–H groups in total. The van der Waals surface area contributed by atoms with Gasteiger partial charge in [0.15, 0.2) is 0 Å². The van der Waals surface area contributed by atoms with Crippen LogP contribution in [0.4, 0.5) is 5.69 Å². The molecule has 1 aliphatic rings. The van der Waals surface area contributed by atoms with Crippen LogP contribution in [0, 0.1) is 6.92 Å². The average molecular weight is 597 g/mol. The first-order valence-corrected chi connectivity index (χ1v) is 16.2. The highest BCUT2D eigenvalue weighted by Gasteiger charge is 2.30. The van der Waals surface area contributed by atoms with Crippen LogP contribution in [0.3, 0.4) is 0 Å². The van der Waals surface area contributed by atoms with E-state index in [0.29, 0.717) is 28.6 Å². The zero-order valence-electron chi connectivity index (χ0n) is 23.0. The molecule has 0 unspecified atom stereocenters. The van der Waals surface area contributed by atoms with Gasteiger partial charge in [-0.15, -0.1) is 0 Å². The summed E-state index contributed by atoms with van der Waals surface area (Å²) < 4.78 is 26.3. The fraction of sp³-hybridized carbons (Fsp3) is 0.517. The van der Waals surface area contributed by atoms with Gasteiger partial charge in [0.25, 0.3) is 0 Å². The van der Waals surface area contributed by atoms with Gasteiger partial charge in [0.2, 0.25) is 21.8 Å². The minimum absolute atomic E-state index is 0.0897. The Morgan fingerprint density at radius 2 is 1.69 bits per heavy atom. The zero-order chi connectivity index (χ0) is 28.6. The molecule has 214 valence electrons. The molecule has 39 heavy (non-hydrogen) atoms. The number of nitrogens with one attached hydrogen (secondary N) is 1. The number of aryl methyl sites for hydroxylation is 1. The first kappa shape index (κ1) is 31.2. The summed E-state index contributed by atoms with van der Waals surface area (Å²) in [5.41, 5.74) is 2.35. The Morgan fingerprint density at radius 1 is 1.03 bits per heavy atom. The lowest BCUT2D eigenvalue weighted by molar-refractivity contribution is -0.141. The Kier molecular flexibility index (Phi) is 11.5. The van der Waals surface area contributed by atoms with Crippen molar-refractivity contribution in [3.8, 4) is 0 Å². The van der Waals surface area contributed by atoms with Gasteiger partial charge in [0.1, 0.15) is 6.04 Å². The molecule has 0 spiro atoms. The molecule has 0 saturated heterocycles. The van der Waals surface area contributed by atoms with Crippen LogP contribution in [0.25, 0.3) is 0 Å². The lowest BCUT2D eigenvalue weighted by atomic mass is 9.95. The number of nitrogens with zero attached hydrogens (tertiary/aromatic N) is 2. The van der Waals surface area contributed by atoms with E-state index in [4.69, 9.17) is 23.2 Å². The van der Waals surface area contributed by atoms with E-state index in [1.807, 2.05) is 26.0 Å². The minimum atomic E-state index is -3.54. The monoisotopic (exact) mass is 595 g/mol. The number of sulfonamides is 1. The molecule has 2 aromatic rings. The first-order chi connectivity index (χ1) is 18.5. The molecule has 10 heteroatoms. The van der Waals surface area contributed by atoms with Crippen molar-refractivity contribution in [3.05, 3.63) is 63.6 Å². The summed E-state index contributed by atoms with van der Waals surface area (Å²) in [6, 6.07) is 11.9. The molecule has 0 bridgehead atoms. The molecule has 0 heterocycles. The number of halogens is 2. The molecule has 1 aliphatic carbocycles. The summed E-state index contributed by atoms with van der Waals surface area (Å²) in [6.45, 7) is 4.17. The number of rotatable bonds is 12. The van der Waals surface area contributed by atoms with Crippen LogP contribution >= 0.6 is 23.2 Å². The number of benzene rings is 2. The highest BCUT2D eigenvalue weighted by atomic mass is 35.5. The van der Waals surface area contributed by atoms with Crippen LogP contribution in [0.2, 0.25) is 10.0 Å². The van der Waals surface area contributed by atoms with Crippen molar-refractivity contribution in [1.29, 1.82) is 0 Å². The Bertz CT molecular complexity index is 1230. The van der Waals surface area contributed by atoms with E-state index in [1.165, 1.54) is 10.7 Å². The third kappa shape index (κ3) is 9.12.